The lowest BCUT2D eigenvalue weighted by molar-refractivity contribution is -0.486. The van der Waals surface area contributed by atoms with Gasteiger partial charge < -0.3 is 4.43 Å². The lowest BCUT2D eigenvalue weighted by Gasteiger charge is -2.46. The van der Waals surface area contributed by atoms with Crippen molar-refractivity contribution in [2.24, 2.45) is 0 Å². The Morgan fingerprint density at radius 1 is 0.260 bits per heavy atom. The molecule has 0 bridgehead atoms. The van der Waals surface area contributed by atoms with Crippen LogP contribution >= 0.6 is 11.1 Å². The Balaban J connectivity index is 7.92. The highest BCUT2D eigenvalue weighted by Crippen LogP contribution is 2.67. The van der Waals surface area contributed by atoms with Crippen molar-refractivity contribution in [1.82, 2.24) is 0 Å². The minimum atomic E-state index is -9.95. The number of hydrogen-bond acceptors (Lipinski definition) is 3. The van der Waals surface area contributed by atoms with Gasteiger partial charge in [0, 0.05) is 0 Å². The maximum atomic E-state index is 14.6. The van der Waals surface area contributed by atoms with E-state index in [0.29, 0.717) is 0 Å². The second-order valence-electron chi connectivity index (χ2n) is 8.43. The Hall–Kier alpha value is -1.78. The highest BCUT2D eigenvalue weighted by atomic mass is 35.6. The van der Waals surface area contributed by atoms with Crippen LogP contribution in [0.15, 0.2) is 0 Å². The summed E-state index contributed by atoms with van der Waals surface area (Å²) in [6.45, 7) is 0. The summed E-state index contributed by atoms with van der Waals surface area (Å²) in [6.07, 6.45) is -48.8. The van der Waals surface area contributed by atoms with E-state index in [1.165, 1.54) is 4.43 Å². The molecule has 0 aromatic heterocycles. The summed E-state index contributed by atoms with van der Waals surface area (Å²) in [6, 6.07) is 0. The molecule has 50 heavy (non-hydrogen) atoms. The summed E-state index contributed by atoms with van der Waals surface area (Å²) in [4.78, 5) is 0. The normalized spacial score (nSPS) is 18.0. The minimum absolute atomic E-state index is 1.46. The third kappa shape index (κ3) is 7.12. The largest absolute Gasteiger partial charge is 0.625 e. The van der Waals surface area contributed by atoms with Crippen molar-refractivity contribution in [3.8, 4) is 0 Å². The van der Waals surface area contributed by atoms with Gasteiger partial charge in [0.15, 0.2) is 0 Å². The smallest absolute Gasteiger partial charge is 0.315 e. The predicted octanol–water partition coefficient (Wildman–Crippen LogP) is 10.3. The molecule has 0 spiro atoms. The summed E-state index contributed by atoms with van der Waals surface area (Å²) in [7, 11) is -9.69. The second kappa shape index (κ2) is 12.1. The van der Waals surface area contributed by atoms with E-state index < -0.39 is 92.3 Å². The monoisotopic (exact) mass is 868 g/mol. The van der Waals surface area contributed by atoms with Crippen LogP contribution in [0.2, 0.25) is 0 Å². The summed E-state index contributed by atoms with van der Waals surface area (Å²) in [5, 5.41) is 0. The molecule has 0 heterocycles. The Kier molecular flexibility index (Phi) is 11.7. The Labute approximate surface area is 254 Å². The van der Waals surface area contributed by atoms with E-state index in [-0.39, 0.29) is 0 Å². The minimum Gasteiger partial charge on any atom is -0.315 e. The van der Waals surface area contributed by atoms with Crippen molar-refractivity contribution < 1.29 is 149 Å². The first-order chi connectivity index (χ1) is 20.9. The Bertz CT molecular complexity index is 1180. The molecule has 0 saturated carbocycles. The molecule has 0 N–H and O–H groups in total. The SMILES string of the molecule is FC(F)(F)C(F)(F)O[Si](Cl)(OC(F)(F)C(F)(F)F)OC(F)(C(F)(F)F)C(F)(F)C(F)(F)C(F)(F)C(F)(F)C(F)(F)C(F)(F)C(F)(F)C(F)(F)F. The van der Waals surface area contributed by atoms with Gasteiger partial charge in [0.25, 0.3) is 0 Å². The quantitative estimate of drug-likeness (QED) is 0.105. The van der Waals surface area contributed by atoms with Crippen LogP contribution in [0.3, 0.4) is 0 Å². The van der Waals surface area contributed by atoms with Crippen LogP contribution in [0, 0.1) is 0 Å². The van der Waals surface area contributed by atoms with Gasteiger partial charge >= 0.3 is 92.3 Å². The molecule has 0 fully saturated rings. The van der Waals surface area contributed by atoms with E-state index in [0.717, 1.165) is 0 Å². The van der Waals surface area contributed by atoms with Gasteiger partial charge in [-0.2, -0.15) is 136 Å². The van der Waals surface area contributed by atoms with Gasteiger partial charge in [-0.05, 0) is 0 Å². The van der Waals surface area contributed by atoms with E-state index in [1.807, 2.05) is 0 Å². The van der Waals surface area contributed by atoms with Gasteiger partial charge in [-0.3, -0.25) is 8.85 Å². The molecule has 3 nitrogen and oxygen atoms in total. The molecule has 0 rings (SSSR count). The van der Waals surface area contributed by atoms with Gasteiger partial charge in [0.1, 0.15) is 0 Å². The summed E-state index contributed by atoms with van der Waals surface area (Å²) < 4.78 is 412. The Morgan fingerprint density at radius 3 is 0.680 bits per heavy atom. The van der Waals surface area contributed by atoms with E-state index in [9.17, 15) is 136 Å². The molecule has 0 aromatic rings. The molecule has 1 unspecified atom stereocenters. The van der Waals surface area contributed by atoms with Gasteiger partial charge in [-0.15, -0.1) is 0 Å². The molecular weight excluding hydrogens is 869 g/mol. The van der Waals surface area contributed by atoms with Crippen LogP contribution in [-0.4, -0.2) is 92.3 Å². The van der Waals surface area contributed by atoms with E-state index in [2.05, 4.69) is 11.1 Å². The first kappa shape index (κ1) is 48.2. The lowest BCUT2D eigenvalue weighted by atomic mass is 9.87. The first-order valence-corrected chi connectivity index (χ1v) is 12.8. The summed E-state index contributed by atoms with van der Waals surface area (Å²) in [5.41, 5.74) is 0. The molecule has 0 aliphatic carbocycles. The number of rotatable bonds is 13. The molecule has 0 radical (unpaired) electrons. The fraction of sp³-hybridized carbons (Fsp3) is 1.00. The van der Waals surface area contributed by atoms with Crippen LogP contribution in [0.1, 0.15) is 0 Å². The Morgan fingerprint density at radius 2 is 0.480 bits per heavy atom. The van der Waals surface area contributed by atoms with Crippen molar-refractivity contribution >= 4 is 19.2 Å². The van der Waals surface area contributed by atoms with Crippen molar-refractivity contribution in [3.63, 3.8) is 0 Å². The summed E-state index contributed by atoms with van der Waals surface area (Å²) >= 11 is 3.85. The number of alkyl halides is 31. The third-order valence-corrected chi connectivity index (χ3v) is 7.13. The van der Waals surface area contributed by atoms with Crippen LogP contribution in [-0.2, 0) is 13.3 Å². The predicted molar refractivity (Wildman–Crippen MR) is 87.4 cm³/mol. The van der Waals surface area contributed by atoms with Gasteiger partial charge in [-0.25, -0.2) is 0 Å². The number of halogens is 32. The molecular formula is C14ClF31O3Si. The van der Waals surface area contributed by atoms with Crippen LogP contribution in [0.5, 0.6) is 0 Å². The molecule has 1 atom stereocenters. The summed E-state index contributed by atoms with van der Waals surface area (Å²) in [5.74, 6) is -76.7. The molecule has 0 aromatic carbocycles. The fourth-order valence-corrected chi connectivity index (χ4v) is 4.77. The highest BCUT2D eigenvalue weighted by Gasteiger charge is 2.98. The van der Waals surface area contributed by atoms with E-state index in [4.69, 9.17) is 0 Å². The van der Waals surface area contributed by atoms with Crippen molar-refractivity contribution in [2.45, 2.75) is 84.2 Å². The van der Waals surface area contributed by atoms with Gasteiger partial charge in [-0.1, -0.05) is 11.1 Å². The highest BCUT2D eigenvalue weighted by molar-refractivity contribution is 7.09. The third-order valence-electron chi connectivity index (χ3n) is 4.91. The molecule has 302 valence electrons. The second-order valence-corrected chi connectivity index (χ2v) is 11.4. The number of hydrogen-bond donors (Lipinski definition) is 0. The lowest BCUT2D eigenvalue weighted by Crippen LogP contribution is -2.78. The zero-order valence-electron chi connectivity index (χ0n) is 20.8. The van der Waals surface area contributed by atoms with Crippen molar-refractivity contribution in [3.05, 3.63) is 0 Å². The average molecular weight is 869 g/mol. The standard InChI is InChI=1S/C14ClF31O3Si/c15-50(48-13(43,44)11(37,38)39,49-14(45,46)12(40,41)42)47-8(30,10(34,35)36)6(26,27)4(22,23)2(18,19)1(16,17)3(20,21)5(24,25)7(28,29)9(31,32)33. The fourth-order valence-electron chi connectivity index (χ4n) is 2.32. The molecule has 0 amide bonds. The van der Waals surface area contributed by atoms with Crippen LogP contribution in [0.25, 0.3) is 0 Å². The first-order valence-electron chi connectivity index (χ1n) is 10.0. The molecule has 0 aliphatic rings. The maximum absolute atomic E-state index is 14.6. The molecule has 0 saturated heterocycles. The van der Waals surface area contributed by atoms with Gasteiger partial charge in [0.05, 0.1) is 0 Å². The van der Waals surface area contributed by atoms with Crippen molar-refractivity contribution in [1.29, 1.82) is 0 Å². The van der Waals surface area contributed by atoms with Crippen LogP contribution < -0.4 is 0 Å². The zero-order valence-corrected chi connectivity index (χ0v) is 22.6. The van der Waals surface area contributed by atoms with Crippen molar-refractivity contribution in [2.75, 3.05) is 0 Å². The molecule has 36 heteroatoms. The van der Waals surface area contributed by atoms with E-state index >= 15 is 0 Å². The average Bonchev–Trinajstić information content (AvgIpc) is 2.79. The topological polar surface area (TPSA) is 27.7 Å². The molecule has 0 aliphatic heterocycles. The van der Waals surface area contributed by atoms with Crippen LogP contribution in [0.4, 0.5) is 136 Å². The van der Waals surface area contributed by atoms with Gasteiger partial charge in [0.2, 0.25) is 0 Å². The zero-order chi connectivity index (χ0) is 41.6. The maximum Gasteiger partial charge on any atom is 0.625 e. The van der Waals surface area contributed by atoms with E-state index in [1.54, 1.807) is 8.85 Å².